The van der Waals surface area contributed by atoms with Gasteiger partial charge in [-0.25, -0.2) is 0 Å². The second kappa shape index (κ2) is 8.37. The zero-order valence-electron chi connectivity index (χ0n) is 11.4. The highest BCUT2D eigenvalue weighted by Crippen LogP contribution is 2.22. The zero-order chi connectivity index (χ0) is 13.4. The van der Waals surface area contributed by atoms with Gasteiger partial charge in [0.05, 0.1) is 13.2 Å². The minimum Gasteiger partial charge on any atom is -0.383 e. The highest BCUT2D eigenvalue weighted by atomic mass is 32.2. The fourth-order valence-corrected chi connectivity index (χ4v) is 2.96. The largest absolute Gasteiger partial charge is 0.383 e. The average Bonchev–Trinajstić information content (AvgIpc) is 2.28. The minimum atomic E-state index is 0.0262. The van der Waals surface area contributed by atoms with E-state index in [1.54, 1.807) is 18.9 Å². The molecule has 0 spiro atoms. The van der Waals surface area contributed by atoms with Gasteiger partial charge in [-0.1, -0.05) is 18.7 Å². The first-order valence-electron chi connectivity index (χ1n) is 6.35. The van der Waals surface area contributed by atoms with E-state index in [0.29, 0.717) is 37.4 Å². The van der Waals surface area contributed by atoms with Crippen LogP contribution >= 0.6 is 11.8 Å². The van der Waals surface area contributed by atoms with Crippen LogP contribution in [0.2, 0.25) is 0 Å². The predicted molar refractivity (Wildman–Crippen MR) is 76.1 cm³/mol. The lowest BCUT2D eigenvalue weighted by atomic mass is 10.2. The number of nitrogens with zero attached hydrogens (tertiary/aromatic N) is 1. The number of methoxy groups -OCH3 is 1. The lowest BCUT2D eigenvalue weighted by molar-refractivity contribution is -0.121. The molecule has 104 valence electrons. The molecule has 0 radical (unpaired) electrons. The molecular weight excluding hydrogens is 250 g/mol. The molecule has 1 aliphatic rings. The van der Waals surface area contributed by atoms with Crippen molar-refractivity contribution in [3.63, 3.8) is 0 Å². The van der Waals surface area contributed by atoms with Gasteiger partial charge in [0, 0.05) is 31.4 Å². The van der Waals surface area contributed by atoms with Crippen LogP contribution in [0.3, 0.4) is 0 Å². The number of carbonyl (C=O) groups is 1. The number of hydrogen-bond acceptors (Lipinski definition) is 4. The van der Waals surface area contributed by atoms with E-state index in [0.717, 1.165) is 11.6 Å². The van der Waals surface area contributed by atoms with E-state index in [1.165, 1.54) is 0 Å². The van der Waals surface area contributed by atoms with Gasteiger partial charge in [-0.3, -0.25) is 9.79 Å². The summed E-state index contributed by atoms with van der Waals surface area (Å²) < 4.78 is 4.86. The van der Waals surface area contributed by atoms with Crippen molar-refractivity contribution in [3.8, 4) is 0 Å². The fraction of sp³-hybridized carbons (Fsp3) is 0.833. The van der Waals surface area contributed by atoms with Gasteiger partial charge < -0.3 is 15.4 Å². The van der Waals surface area contributed by atoms with Gasteiger partial charge in [0.1, 0.15) is 0 Å². The first kappa shape index (κ1) is 15.3. The summed E-state index contributed by atoms with van der Waals surface area (Å²) in [5, 5.41) is 7.67. The van der Waals surface area contributed by atoms with Crippen LogP contribution < -0.4 is 10.6 Å². The minimum absolute atomic E-state index is 0.0262. The van der Waals surface area contributed by atoms with Gasteiger partial charge in [-0.15, -0.1) is 0 Å². The Hall–Kier alpha value is -0.750. The molecule has 2 atom stereocenters. The maximum Gasteiger partial charge on any atom is 0.221 e. The number of nitrogens with one attached hydrogen (secondary N) is 2. The standard InChI is InChI=1S/C12H23N3O2S/c1-9-8-10(2)18-12(15-9)14-5-4-11(16)13-6-7-17-3/h9-10H,4-8H2,1-3H3,(H,13,16)(H,14,15). The molecule has 1 saturated heterocycles. The third-order valence-electron chi connectivity index (χ3n) is 2.59. The predicted octanol–water partition coefficient (Wildman–Crippen LogP) is 0.999. The van der Waals surface area contributed by atoms with Crippen LogP contribution in [0.15, 0.2) is 4.99 Å². The summed E-state index contributed by atoms with van der Waals surface area (Å²) in [6.45, 7) is 6.01. The van der Waals surface area contributed by atoms with E-state index in [9.17, 15) is 4.79 Å². The zero-order valence-corrected chi connectivity index (χ0v) is 12.2. The number of amidine groups is 1. The van der Waals surface area contributed by atoms with Gasteiger partial charge in [-0.2, -0.15) is 0 Å². The number of hydrogen-bond donors (Lipinski definition) is 2. The van der Waals surface area contributed by atoms with Crippen molar-refractivity contribution in [1.29, 1.82) is 0 Å². The van der Waals surface area contributed by atoms with Crippen molar-refractivity contribution in [2.75, 3.05) is 26.8 Å². The maximum absolute atomic E-state index is 11.4. The van der Waals surface area contributed by atoms with Crippen molar-refractivity contribution in [3.05, 3.63) is 0 Å². The van der Waals surface area contributed by atoms with Gasteiger partial charge >= 0.3 is 0 Å². The summed E-state index contributed by atoms with van der Waals surface area (Å²) in [5.41, 5.74) is 0. The molecule has 0 aromatic heterocycles. The molecule has 1 fully saturated rings. The average molecular weight is 273 g/mol. The molecule has 1 rings (SSSR count). The Bertz CT molecular complexity index is 285. The topological polar surface area (TPSA) is 62.7 Å². The van der Waals surface area contributed by atoms with Crippen molar-refractivity contribution in [2.24, 2.45) is 4.99 Å². The summed E-state index contributed by atoms with van der Waals surface area (Å²) in [6, 6.07) is 0.468. The smallest absolute Gasteiger partial charge is 0.221 e. The van der Waals surface area contributed by atoms with E-state index < -0.39 is 0 Å². The second-order valence-electron chi connectivity index (χ2n) is 4.49. The molecule has 6 heteroatoms. The summed E-state index contributed by atoms with van der Waals surface area (Å²) in [5.74, 6) is 0.0262. The summed E-state index contributed by atoms with van der Waals surface area (Å²) >= 11 is 1.75. The molecule has 0 aromatic carbocycles. The normalized spacial score (nSPS) is 25.8. The number of carbonyl (C=O) groups excluding carboxylic acids is 1. The van der Waals surface area contributed by atoms with Crippen LogP contribution in [0.25, 0.3) is 0 Å². The van der Waals surface area contributed by atoms with Gasteiger partial charge in [0.15, 0.2) is 5.17 Å². The van der Waals surface area contributed by atoms with Gasteiger partial charge in [-0.05, 0) is 13.3 Å². The van der Waals surface area contributed by atoms with Crippen molar-refractivity contribution in [2.45, 2.75) is 38.0 Å². The number of aliphatic imine (C=N–C) groups is 1. The molecule has 0 saturated carbocycles. The lowest BCUT2D eigenvalue weighted by Crippen LogP contribution is -2.38. The Morgan fingerprint density at radius 3 is 3.06 bits per heavy atom. The van der Waals surface area contributed by atoms with Crippen LogP contribution in [-0.4, -0.2) is 49.2 Å². The fourth-order valence-electron chi connectivity index (χ4n) is 1.76. The van der Waals surface area contributed by atoms with E-state index in [2.05, 4.69) is 29.5 Å². The summed E-state index contributed by atoms with van der Waals surface area (Å²) in [7, 11) is 1.62. The SMILES string of the molecule is COCCNC(=O)CCN=C1NC(C)CC(C)S1. The molecule has 5 nitrogen and oxygen atoms in total. The molecule has 1 heterocycles. The number of ether oxygens (including phenoxy) is 1. The Kier molecular flexibility index (Phi) is 7.12. The van der Waals surface area contributed by atoms with Crippen molar-refractivity contribution >= 4 is 22.8 Å². The van der Waals surface area contributed by atoms with Gasteiger partial charge in [0.25, 0.3) is 0 Å². The van der Waals surface area contributed by atoms with Crippen molar-refractivity contribution in [1.82, 2.24) is 10.6 Å². The Morgan fingerprint density at radius 2 is 2.39 bits per heavy atom. The van der Waals surface area contributed by atoms with Crippen LogP contribution in [0.5, 0.6) is 0 Å². The first-order valence-corrected chi connectivity index (χ1v) is 7.23. The van der Waals surface area contributed by atoms with E-state index in [-0.39, 0.29) is 5.91 Å². The molecule has 1 aliphatic heterocycles. The monoisotopic (exact) mass is 273 g/mol. The van der Waals surface area contributed by atoms with Crippen LogP contribution in [0, 0.1) is 0 Å². The quantitative estimate of drug-likeness (QED) is 0.709. The lowest BCUT2D eigenvalue weighted by Gasteiger charge is -2.26. The second-order valence-corrected chi connectivity index (χ2v) is 5.92. The Morgan fingerprint density at radius 1 is 1.61 bits per heavy atom. The van der Waals surface area contributed by atoms with Crippen molar-refractivity contribution < 1.29 is 9.53 Å². The van der Waals surface area contributed by atoms with E-state index in [4.69, 9.17) is 4.74 Å². The van der Waals surface area contributed by atoms with Crippen LogP contribution in [-0.2, 0) is 9.53 Å². The van der Waals surface area contributed by atoms with E-state index >= 15 is 0 Å². The molecule has 2 N–H and O–H groups in total. The molecule has 18 heavy (non-hydrogen) atoms. The first-order chi connectivity index (χ1) is 8.61. The third kappa shape index (κ3) is 6.26. The Labute approximate surface area is 113 Å². The number of amides is 1. The molecular formula is C12H23N3O2S. The highest BCUT2D eigenvalue weighted by Gasteiger charge is 2.19. The van der Waals surface area contributed by atoms with E-state index in [1.807, 2.05) is 0 Å². The summed E-state index contributed by atoms with van der Waals surface area (Å²) in [6.07, 6.45) is 1.58. The maximum atomic E-state index is 11.4. The molecule has 1 amide bonds. The number of rotatable bonds is 6. The van der Waals surface area contributed by atoms with Crippen LogP contribution in [0.1, 0.15) is 26.7 Å². The third-order valence-corrected chi connectivity index (χ3v) is 3.66. The summed E-state index contributed by atoms with van der Waals surface area (Å²) in [4.78, 5) is 15.9. The van der Waals surface area contributed by atoms with Crippen LogP contribution in [0.4, 0.5) is 0 Å². The highest BCUT2D eigenvalue weighted by molar-refractivity contribution is 8.14. The molecule has 0 bridgehead atoms. The molecule has 2 unspecified atom stereocenters. The Balaban J connectivity index is 2.20. The molecule has 0 aromatic rings. The molecule has 0 aliphatic carbocycles. The number of thioether (sulfide) groups is 1. The van der Waals surface area contributed by atoms with Gasteiger partial charge in [0.2, 0.25) is 5.91 Å².